The average molecular weight is 443 g/mol. The first-order chi connectivity index (χ1) is 13.6. The van der Waals surface area contributed by atoms with Crippen LogP contribution in [0.4, 0.5) is 0 Å². The predicted molar refractivity (Wildman–Crippen MR) is 117 cm³/mol. The Labute approximate surface area is 182 Å². The van der Waals surface area contributed by atoms with E-state index in [1.165, 1.54) is 32.1 Å². The van der Waals surface area contributed by atoms with Gasteiger partial charge in [-0.15, -0.1) is 0 Å². The molecule has 0 amide bonds. The summed E-state index contributed by atoms with van der Waals surface area (Å²) in [4.78, 5) is 0. The third kappa shape index (κ3) is 5.93. The molecule has 2 aromatic carbocycles. The van der Waals surface area contributed by atoms with Crippen LogP contribution < -0.4 is 14.8 Å². The number of hydrogen-bond acceptors (Lipinski definition) is 3. The van der Waals surface area contributed by atoms with E-state index in [4.69, 9.17) is 44.3 Å². The minimum atomic E-state index is 0.312. The Bertz CT molecular complexity index is 792. The van der Waals surface area contributed by atoms with E-state index in [0.29, 0.717) is 45.8 Å². The molecule has 0 atom stereocenters. The maximum absolute atomic E-state index is 6.53. The van der Waals surface area contributed by atoms with Crippen molar-refractivity contribution in [2.75, 3.05) is 6.61 Å². The maximum Gasteiger partial charge on any atom is 0.163 e. The van der Waals surface area contributed by atoms with E-state index in [-0.39, 0.29) is 0 Å². The molecule has 0 heterocycles. The highest BCUT2D eigenvalue weighted by Crippen LogP contribution is 2.35. The van der Waals surface area contributed by atoms with Crippen molar-refractivity contribution in [3.63, 3.8) is 0 Å². The van der Waals surface area contributed by atoms with E-state index in [1.54, 1.807) is 12.1 Å². The van der Waals surface area contributed by atoms with Crippen LogP contribution in [0.15, 0.2) is 30.3 Å². The molecule has 1 aliphatic rings. The smallest absolute Gasteiger partial charge is 0.163 e. The Hall–Kier alpha value is -1.13. The average Bonchev–Trinajstić information content (AvgIpc) is 2.69. The summed E-state index contributed by atoms with van der Waals surface area (Å²) in [5, 5.41) is 5.47. The summed E-state index contributed by atoms with van der Waals surface area (Å²) in [6.45, 7) is 3.54. The highest BCUT2D eigenvalue weighted by atomic mass is 35.5. The zero-order valence-corrected chi connectivity index (χ0v) is 18.3. The molecule has 1 saturated carbocycles. The van der Waals surface area contributed by atoms with Gasteiger partial charge in [0.05, 0.1) is 6.61 Å². The van der Waals surface area contributed by atoms with Crippen LogP contribution in [0.3, 0.4) is 0 Å². The molecule has 1 N–H and O–H groups in total. The van der Waals surface area contributed by atoms with Gasteiger partial charge in [0.2, 0.25) is 0 Å². The van der Waals surface area contributed by atoms with Gasteiger partial charge in [-0.3, -0.25) is 0 Å². The molecule has 3 nitrogen and oxygen atoms in total. The summed E-state index contributed by atoms with van der Waals surface area (Å²) in [6.07, 6.45) is 6.42. The number of ether oxygens (including phenoxy) is 2. The largest absolute Gasteiger partial charge is 0.490 e. The van der Waals surface area contributed by atoms with Crippen LogP contribution in [-0.2, 0) is 13.2 Å². The molecule has 2 aromatic rings. The zero-order chi connectivity index (χ0) is 19.9. The van der Waals surface area contributed by atoms with Crippen LogP contribution in [0, 0.1) is 0 Å². The molecule has 0 aromatic heterocycles. The second-order valence-corrected chi connectivity index (χ2v) is 8.31. The lowest BCUT2D eigenvalue weighted by atomic mass is 9.95. The summed E-state index contributed by atoms with van der Waals surface area (Å²) in [7, 11) is 0. The van der Waals surface area contributed by atoms with Crippen LogP contribution in [-0.4, -0.2) is 12.6 Å². The maximum atomic E-state index is 6.53. The van der Waals surface area contributed by atoms with E-state index in [2.05, 4.69) is 5.32 Å². The monoisotopic (exact) mass is 441 g/mol. The Morgan fingerprint density at radius 1 is 0.893 bits per heavy atom. The molecule has 0 unspecified atom stereocenters. The Balaban J connectivity index is 1.70. The quantitative estimate of drug-likeness (QED) is 0.475. The Kier molecular flexibility index (Phi) is 8.16. The zero-order valence-electron chi connectivity index (χ0n) is 16.1. The predicted octanol–water partition coefficient (Wildman–Crippen LogP) is 7.05. The van der Waals surface area contributed by atoms with Crippen molar-refractivity contribution >= 4 is 34.8 Å². The van der Waals surface area contributed by atoms with Gasteiger partial charge in [0.15, 0.2) is 11.5 Å². The van der Waals surface area contributed by atoms with Crippen molar-refractivity contribution in [1.82, 2.24) is 5.32 Å². The standard InChI is InChI=1S/C22H26Cl3NO2/c1-2-27-21-10-16(13-26-18-6-4-3-5-7-18)20(25)12-22(21)28-14-15-8-9-17(23)11-19(15)24/h8-12,18,26H,2-7,13-14H2,1H3. The van der Waals surface area contributed by atoms with Gasteiger partial charge in [0.25, 0.3) is 0 Å². The molecule has 0 spiro atoms. The van der Waals surface area contributed by atoms with Gasteiger partial charge in [-0.05, 0) is 43.5 Å². The molecule has 0 radical (unpaired) electrons. The SMILES string of the molecule is CCOc1cc(CNC2CCCCC2)c(Cl)cc1OCc1ccc(Cl)cc1Cl. The summed E-state index contributed by atoms with van der Waals surface area (Å²) in [5.41, 5.74) is 1.88. The first kappa shape index (κ1) is 21.6. The molecule has 1 fully saturated rings. The highest BCUT2D eigenvalue weighted by molar-refractivity contribution is 6.35. The normalized spacial score (nSPS) is 14.9. The fourth-order valence-electron chi connectivity index (χ4n) is 3.45. The van der Waals surface area contributed by atoms with E-state index in [0.717, 1.165) is 17.7 Å². The van der Waals surface area contributed by atoms with Crippen LogP contribution in [0.25, 0.3) is 0 Å². The summed E-state index contributed by atoms with van der Waals surface area (Å²) >= 11 is 18.7. The van der Waals surface area contributed by atoms with Gasteiger partial charge in [-0.25, -0.2) is 0 Å². The molecule has 28 heavy (non-hydrogen) atoms. The first-order valence-electron chi connectivity index (χ1n) is 9.82. The minimum Gasteiger partial charge on any atom is -0.490 e. The molecule has 3 rings (SSSR count). The molecular weight excluding hydrogens is 417 g/mol. The number of rotatable bonds is 8. The third-order valence-corrected chi connectivity index (χ3v) is 5.94. The summed E-state index contributed by atoms with van der Waals surface area (Å²) in [6, 6.07) is 9.73. The van der Waals surface area contributed by atoms with Gasteiger partial charge in [0.1, 0.15) is 6.61 Å². The fraction of sp³-hybridized carbons (Fsp3) is 0.455. The van der Waals surface area contributed by atoms with Crippen LogP contribution in [0.1, 0.15) is 50.2 Å². The number of hydrogen-bond donors (Lipinski definition) is 1. The van der Waals surface area contributed by atoms with Gasteiger partial charge < -0.3 is 14.8 Å². The van der Waals surface area contributed by atoms with E-state index >= 15 is 0 Å². The number of benzene rings is 2. The Morgan fingerprint density at radius 2 is 1.61 bits per heavy atom. The van der Waals surface area contributed by atoms with Crippen molar-refractivity contribution in [3.8, 4) is 11.5 Å². The Morgan fingerprint density at radius 3 is 2.32 bits per heavy atom. The van der Waals surface area contributed by atoms with Crippen molar-refractivity contribution in [2.45, 2.75) is 58.2 Å². The first-order valence-corrected chi connectivity index (χ1v) is 11.0. The van der Waals surface area contributed by atoms with Gasteiger partial charge >= 0.3 is 0 Å². The third-order valence-electron chi connectivity index (χ3n) is 5.00. The highest BCUT2D eigenvalue weighted by Gasteiger charge is 2.16. The lowest BCUT2D eigenvalue weighted by Crippen LogP contribution is -2.30. The molecular formula is C22H26Cl3NO2. The number of halogens is 3. The van der Waals surface area contributed by atoms with Gasteiger partial charge in [-0.2, -0.15) is 0 Å². The van der Waals surface area contributed by atoms with Crippen molar-refractivity contribution in [2.24, 2.45) is 0 Å². The lowest BCUT2D eigenvalue weighted by molar-refractivity contribution is 0.269. The molecule has 152 valence electrons. The van der Waals surface area contributed by atoms with Crippen LogP contribution in [0.2, 0.25) is 15.1 Å². The molecule has 0 saturated heterocycles. The van der Waals surface area contributed by atoms with Gasteiger partial charge in [-0.1, -0.05) is 60.1 Å². The summed E-state index contributed by atoms with van der Waals surface area (Å²) in [5.74, 6) is 1.30. The van der Waals surface area contributed by atoms with Crippen molar-refractivity contribution in [3.05, 3.63) is 56.5 Å². The fourth-order valence-corrected chi connectivity index (χ4v) is 4.13. The van der Waals surface area contributed by atoms with E-state index in [1.807, 2.05) is 25.1 Å². The number of nitrogens with one attached hydrogen (secondary N) is 1. The van der Waals surface area contributed by atoms with Crippen molar-refractivity contribution in [1.29, 1.82) is 0 Å². The minimum absolute atomic E-state index is 0.312. The van der Waals surface area contributed by atoms with Crippen LogP contribution in [0.5, 0.6) is 11.5 Å². The summed E-state index contributed by atoms with van der Waals surface area (Å²) < 4.78 is 11.8. The molecule has 1 aliphatic carbocycles. The van der Waals surface area contributed by atoms with Gasteiger partial charge in [0, 0.05) is 39.3 Å². The molecule has 0 aliphatic heterocycles. The van der Waals surface area contributed by atoms with Crippen LogP contribution >= 0.6 is 34.8 Å². The molecule has 0 bridgehead atoms. The molecule has 6 heteroatoms. The lowest BCUT2D eigenvalue weighted by Gasteiger charge is -2.23. The second-order valence-electron chi connectivity index (χ2n) is 7.06. The topological polar surface area (TPSA) is 30.5 Å². The second kappa shape index (κ2) is 10.6. The van der Waals surface area contributed by atoms with Crippen molar-refractivity contribution < 1.29 is 9.47 Å². The van der Waals surface area contributed by atoms with E-state index < -0.39 is 0 Å². The van der Waals surface area contributed by atoms with E-state index in [9.17, 15) is 0 Å².